The van der Waals surface area contributed by atoms with E-state index in [1.54, 1.807) is 16.2 Å². The number of carbonyl (C=O) groups excluding carboxylic acids is 1. The molecule has 0 bridgehead atoms. The van der Waals surface area contributed by atoms with Crippen molar-refractivity contribution in [3.8, 4) is 0 Å². The van der Waals surface area contributed by atoms with E-state index in [2.05, 4.69) is 37.9 Å². The molecular formula is C19H29N7O2S. The Hall–Kier alpha value is -2.62. The van der Waals surface area contributed by atoms with Crippen LogP contribution in [0.5, 0.6) is 0 Å². The first kappa shape index (κ1) is 21.1. The van der Waals surface area contributed by atoms with Gasteiger partial charge in [0.25, 0.3) is 0 Å². The van der Waals surface area contributed by atoms with Crippen molar-refractivity contribution in [2.45, 2.75) is 26.8 Å². The van der Waals surface area contributed by atoms with Crippen molar-refractivity contribution in [1.82, 2.24) is 29.9 Å². The van der Waals surface area contributed by atoms with Gasteiger partial charge in [-0.3, -0.25) is 0 Å². The predicted molar refractivity (Wildman–Crippen MR) is 113 cm³/mol. The lowest BCUT2D eigenvalue weighted by molar-refractivity contribution is 0.0914. The molecule has 2 aromatic rings. The van der Waals surface area contributed by atoms with Crippen LogP contribution in [0, 0.1) is 6.92 Å². The Labute approximate surface area is 175 Å². The average Bonchev–Trinajstić information content (AvgIpc) is 3.36. The van der Waals surface area contributed by atoms with Gasteiger partial charge in [-0.05, 0) is 31.7 Å². The molecule has 3 rings (SSSR count). The largest absolute Gasteiger partial charge is 0.450 e. The Bertz CT molecular complexity index is 811. The highest BCUT2D eigenvalue weighted by Crippen LogP contribution is 2.09. The molecule has 158 valence electrons. The maximum absolute atomic E-state index is 12.0. The first-order chi connectivity index (χ1) is 14.1. The highest BCUT2D eigenvalue weighted by atomic mass is 32.1. The fourth-order valence-electron chi connectivity index (χ4n) is 3.07. The van der Waals surface area contributed by atoms with Crippen molar-refractivity contribution in [3.05, 3.63) is 34.0 Å². The number of hydrogen-bond donors (Lipinski definition) is 1. The third-order valence-corrected chi connectivity index (χ3v) is 5.83. The van der Waals surface area contributed by atoms with Gasteiger partial charge in [-0.15, -0.1) is 21.5 Å². The van der Waals surface area contributed by atoms with Crippen molar-refractivity contribution in [2.75, 3.05) is 39.3 Å². The van der Waals surface area contributed by atoms with E-state index >= 15 is 0 Å². The number of aromatic nitrogens is 3. The van der Waals surface area contributed by atoms with Crippen LogP contribution in [0.4, 0.5) is 4.79 Å². The number of nitrogens with zero attached hydrogens (tertiary/aromatic N) is 6. The van der Waals surface area contributed by atoms with Gasteiger partial charge in [-0.25, -0.2) is 9.79 Å². The van der Waals surface area contributed by atoms with Crippen molar-refractivity contribution in [1.29, 1.82) is 0 Å². The van der Waals surface area contributed by atoms with Gasteiger partial charge in [-0.1, -0.05) is 6.07 Å². The molecular weight excluding hydrogens is 390 g/mol. The maximum atomic E-state index is 12.0. The molecule has 0 saturated carbocycles. The average molecular weight is 420 g/mol. The highest BCUT2D eigenvalue weighted by molar-refractivity contribution is 7.09. The molecule has 1 fully saturated rings. The van der Waals surface area contributed by atoms with Crippen molar-refractivity contribution in [2.24, 2.45) is 12.0 Å². The number of carbonyl (C=O) groups is 1. The van der Waals surface area contributed by atoms with E-state index in [1.165, 1.54) is 4.88 Å². The molecule has 9 nitrogen and oxygen atoms in total. The van der Waals surface area contributed by atoms with E-state index in [1.807, 2.05) is 25.5 Å². The standard InChI is InChI=1S/C19H29N7O2S/c1-4-28-19(27)26-11-9-25(10-12-26)18(20-8-7-16-6-5-13-29-16)21-14-17-23-22-15(2)24(17)3/h5-6,13H,4,7-12,14H2,1-3H3,(H,20,21). The van der Waals surface area contributed by atoms with Crippen LogP contribution in [-0.4, -0.2) is 75.9 Å². The topological polar surface area (TPSA) is 87.9 Å². The van der Waals surface area contributed by atoms with Gasteiger partial charge in [0.1, 0.15) is 12.4 Å². The third-order valence-electron chi connectivity index (χ3n) is 4.89. The summed E-state index contributed by atoms with van der Waals surface area (Å²) in [5.41, 5.74) is 0. The van der Waals surface area contributed by atoms with Crippen LogP contribution in [0.2, 0.25) is 0 Å². The van der Waals surface area contributed by atoms with Gasteiger partial charge in [0.2, 0.25) is 0 Å². The van der Waals surface area contributed by atoms with Gasteiger partial charge in [0.05, 0.1) is 6.61 Å². The first-order valence-electron chi connectivity index (χ1n) is 9.90. The van der Waals surface area contributed by atoms with Crippen LogP contribution in [0.1, 0.15) is 23.4 Å². The maximum Gasteiger partial charge on any atom is 0.409 e. The number of thiophene rings is 1. The van der Waals surface area contributed by atoms with Gasteiger partial charge in [0.15, 0.2) is 11.8 Å². The number of hydrogen-bond acceptors (Lipinski definition) is 6. The predicted octanol–water partition coefficient (Wildman–Crippen LogP) is 1.65. The SMILES string of the molecule is CCOC(=O)N1CCN(C(=NCc2nnc(C)n2C)NCCc2cccs2)CC1. The van der Waals surface area contributed by atoms with E-state index in [0.717, 1.165) is 30.6 Å². The highest BCUT2D eigenvalue weighted by Gasteiger charge is 2.24. The van der Waals surface area contributed by atoms with E-state index in [-0.39, 0.29) is 6.09 Å². The number of amides is 1. The zero-order valence-electron chi connectivity index (χ0n) is 17.3. The summed E-state index contributed by atoms with van der Waals surface area (Å²) in [6, 6.07) is 4.21. The first-order valence-corrected chi connectivity index (χ1v) is 10.8. The Balaban J connectivity index is 1.62. The Morgan fingerprint density at radius 3 is 2.66 bits per heavy atom. The molecule has 2 aromatic heterocycles. The van der Waals surface area contributed by atoms with Crippen molar-refractivity contribution >= 4 is 23.4 Å². The minimum absolute atomic E-state index is 0.245. The summed E-state index contributed by atoms with van der Waals surface area (Å²) < 4.78 is 7.06. The van der Waals surface area contributed by atoms with Crippen LogP contribution >= 0.6 is 11.3 Å². The van der Waals surface area contributed by atoms with Crippen molar-refractivity contribution in [3.63, 3.8) is 0 Å². The molecule has 0 radical (unpaired) electrons. The third kappa shape index (κ3) is 5.69. The smallest absolute Gasteiger partial charge is 0.409 e. The zero-order valence-corrected chi connectivity index (χ0v) is 18.1. The number of guanidine groups is 1. The minimum atomic E-state index is -0.245. The fourth-order valence-corrected chi connectivity index (χ4v) is 3.78. The number of piperazine rings is 1. The molecule has 1 saturated heterocycles. The fraction of sp³-hybridized carbons (Fsp3) is 0.579. The Morgan fingerprint density at radius 2 is 2.03 bits per heavy atom. The second-order valence-electron chi connectivity index (χ2n) is 6.79. The summed E-state index contributed by atoms with van der Waals surface area (Å²) in [7, 11) is 1.95. The number of aryl methyl sites for hydroxylation is 1. The number of aliphatic imine (C=N–C) groups is 1. The molecule has 1 aliphatic heterocycles. The minimum Gasteiger partial charge on any atom is -0.450 e. The van der Waals surface area contributed by atoms with E-state index in [0.29, 0.717) is 39.3 Å². The van der Waals surface area contributed by atoms with Crippen LogP contribution in [0.25, 0.3) is 0 Å². The van der Waals surface area contributed by atoms with Crippen LogP contribution < -0.4 is 5.32 Å². The molecule has 1 amide bonds. The number of nitrogens with one attached hydrogen (secondary N) is 1. The van der Waals surface area contributed by atoms with E-state index < -0.39 is 0 Å². The van der Waals surface area contributed by atoms with Gasteiger partial charge < -0.3 is 24.4 Å². The quantitative estimate of drug-likeness (QED) is 0.566. The summed E-state index contributed by atoms with van der Waals surface area (Å²) in [5.74, 6) is 2.53. The summed E-state index contributed by atoms with van der Waals surface area (Å²) >= 11 is 1.76. The van der Waals surface area contributed by atoms with Gasteiger partial charge in [0, 0.05) is 44.6 Å². The molecule has 3 heterocycles. The summed E-state index contributed by atoms with van der Waals surface area (Å²) in [5, 5.41) is 13.9. The molecule has 0 spiro atoms. The molecule has 0 unspecified atom stereocenters. The van der Waals surface area contributed by atoms with Gasteiger partial charge in [-0.2, -0.15) is 0 Å². The molecule has 0 aliphatic carbocycles. The molecule has 0 atom stereocenters. The Morgan fingerprint density at radius 1 is 1.28 bits per heavy atom. The second-order valence-corrected chi connectivity index (χ2v) is 7.82. The second kappa shape index (κ2) is 10.2. The van der Waals surface area contributed by atoms with E-state index in [9.17, 15) is 4.79 Å². The van der Waals surface area contributed by atoms with Gasteiger partial charge >= 0.3 is 6.09 Å². The van der Waals surface area contributed by atoms with E-state index in [4.69, 9.17) is 9.73 Å². The number of ether oxygens (including phenoxy) is 1. The molecule has 29 heavy (non-hydrogen) atoms. The van der Waals surface area contributed by atoms with Crippen molar-refractivity contribution < 1.29 is 9.53 Å². The monoisotopic (exact) mass is 419 g/mol. The van der Waals surface area contributed by atoms with Crippen LogP contribution in [-0.2, 0) is 24.8 Å². The molecule has 0 aromatic carbocycles. The lowest BCUT2D eigenvalue weighted by Gasteiger charge is -2.36. The molecule has 10 heteroatoms. The summed E-state index contributed by atoms with van der Waals surface area (Å²) in [6.45, 7) is 8.06. The zero-order chi connectivity index (χ0) is 20.6. The summed E-state index contributed by atoms with van der Waals surface area (Å²) in [4.78, 5) is 22.0. The Kier molecular flexibility index (Phi) is 7.45. The lowest BCUT2D eigenvalue weighted by Crippen LogP contribution is -2.54. The normalized spacial score (nSPS) is 14.9. The molecule has 1 aliphatic rings. The lowest BCUT2D eigenvalue weighted by atomic mass is 10.3. The number of rotatable bonds is 6. The summed E-state index contributed by atoms with van der Waals surface area (Å²) in [6.07, 6.45) is 0.702. The molecule has 1 N–H and O–H groups in total. The van der Waals surface area contributed by atoms with Crippen LogP contribution in [0.3, 0.4) is 0 Å². The van der Waals surface area contributed by atoms with Crippen LogP contribution in [0.15, 0.2) is 22.5 Å².